The van der Waals surface area contributed by atoms with E-state index in [1.54, 1.807) is 13.0 Å². The average molecular weight is 310 g/mol. The van der Waals surface area contributed by atoms with Crippen LogP contribution in [-0.4, -0.2) is 24.8 Å². The molecule has 0 saturated heterocycles. The molecule has 0 bridgehead atoms. The molecule has 0 fully saturated rings. The van der Waals surface area contributed by atoms with Gasteiger partial charge in [-0.2, -0.15) is 4.31 Å². The lowest BCUT2D eigenvalue weighted by Gasteiger charge is -2.24. The Kier molecular flexibility index (Phi) is 4.24. The number of hydrogen-bond donors (Lipinski definition) is 1. The molecule has 1 aromatic carbocycles. The second-order valence-electron chi connectivity index (χ2n) is 4.59. The maximum absolute atomic E-state index is 13.8. The molecular weight excluding hydrogens is 295 g/mol. The van der Waals surface area contributed by atoms with Crippen LogP contribution in [0, 0.1) is 5.82 Å². The standard InChI is InChI=1S/C14H15FN2O3S/c1-10(11-5-3-4-6-12(11)15)17(2)21(19,20)14-9-16-8-7-13(14)18/h3-10H,1-2H3,(H,16,18). The predicted octanol–water partition coefficient (Wildman–Crippen LogP) is 1.90. The molecule has 0 spiro atoms. The number of nitrogens with one attached hydrogen (secondary N) is 1. The molecule has 2 rings (SSSR count). The fraction of sp³-hybridized carbons (Fsp3) is 0.214. The third-order valence-corrected chi connectivity index (χ3v) is 5.30. The summed E-state index contributed by atoms with van der Waals surface area (Å²) in [6.45, 7) is 1.56. The van der Waals surface area contributed by atoms with E-state index in [9.17, 15) is 17.6 Å². The molecule has 1 aromatic heterocycles. The number of halogens is 1. The zero-order chi connectivity index (χ0) is 15.6. The highest BCUT2D eigenvalue weighted by Crippen LogP contribution is 2.25. The van der Waals surface area contributed by atoms with Gasteiger partial charge in [-0.05, 0) is 13.0 Å². The number of aromatic nitrogens is 1. The van der Waals surface area contributed by atoms with E-state index in [4.69, 9.17) is 0 Å². The van der Waals surface area contributed by atoms with E-state index in [2.05, 4.69) is 4.98 Å². The topological polar surface area (TPSA) is 70.2 Å². The third kappa shape index (κ3) is 2.88. The molecule has 1 atom stereocenters. The summed E-state index contributed by atoms with van der Waals surface area (Å²) in [5, 5.41) is 0. The van der Waals surface area contributed by atoms with Gasteiger partial charge in [-0.25, -0.2) is 12.8 Å². The summed E-state index contributed by atoms with van der Waals surface area (Å²) in [7, 11) is -2.69. The van der Waals surface area contributed by atoms with Crippen LogP contribution in [0.2, 0.25) is 0 Å². The third-order valence-electron chi connectivity index (χ3n) is 3.35. The van der Waals surface area contributed by atoms with E-state index >= 15 is 0 Å². The second kappa shape index (κ2) is 5.79. The number of aromatic amines is 1. The van der Waals surface area contributed by atoms with Crippen molar-refractivity contribution >= 4 is 10.0 Å². The van der Waals surface area contributed by atoms with Crippen LogP contribution in [0.4, 0.5) is 4.39 Å². The van der Waals surface area contributed by atoms with Gasteiger partial charge in [-0.3, -0.25) is 4.79 Å². The Morgan fingerprint density at radius 3 is 2.52 bits per heavy atom. The van der Waals surface area contributed by atoms with Crippen LogP contribution in [0.1, 0.15) is 18.5 Å². The predicted molar refractivity (Wildman–Crippen MR) is 76.8 cm³/mol. The van der Waals surface area contributed by atoms with Crippen LogP contribution in [0.5, 0.6) is 0 Å². The number of H-pyrrole nitrogens is 1. The van der Waals surface area contributed by atoms with Crippen LogP contribution in [-0.2, 0) is 10.0 Å². The molecule has 0 saturated carbocycles. The quantitative estimate of drug-likeness (QED) is 0.937. The first-order valence-corrected chi connectivity index (χ1v) is 7.69. The summed E-state index contributed by atoms with van der Waals surface area (Å²) in [5.74, 6) is -0.492. The zero-order valence-corrected chi connectivity index (χ0v) is 12.4. The molecule has 2 aromatic rings. The minimum Gasteiger partial charge on any atom is -0.366 e. The second-order valence-corrected chi connectivity index (χ2v) is 6.56. The summed E-state index contributed by atoms with van der Waals surface area (Å²) < 4.78 is 39.7. The molecule has 1 N–H and O–H groups in total. The maximum Gasteiger partial charge on any atom is 0.248 e. The Morgan fingerprint density at radius 2 is 1.90 bits per heavy atom. The van der Waals surface area contributed by atoms with Crippen LogP contribution < -0.4 is 5.43 Å². The van der Waals surface area contributed by atoms with Gasteiger partial charge < -0.3 is 4.98 Å². The van der Waals surface area contributed by atoms with Crippen LogP contribution in [0.3, 0.4) is 0 Å². The van der Waals surface area contributed by atoms with Gasteiger partial charge in [0.05, 0.1) is 0 Å². The summed E-state index contributed by atoms with van der Waals surface area (Å²) >= 11 is 0. The first-order valence-electron chi connectivity index (χ1n) is 6.25. The number of rotatable bonds is 4. The number of pyridine rings is 1. The highest BCUT2D eigenvalue weighted by atomic mass is 32.2. The van der Waals surface area contributed by atoms with E-state index in [1.165, 1.54) is 31.4 Å². The van der Waals surface area contributed by atoms with Crippen molar-refractivity contribution in [2.75, 3.05) is 7.05 Å². The van der Waals surface area contributed by atoms with Crippen molar-refractivity contribution in [1.82, 2.24) is 9.29 Å². The molecule has 1 unspecified atom stereocenters. The van der Waals surface area contributed by atoms with Gasteiger partial charge in [0, 0.05) is 37.1 Å². The minimum absolute atomic E-state index is 0.246. The SMILES string of the molecule is CC(c1ccccc1F)N(C)S(=O)(=O)c1c[nH]ccc1=O. The Labute approximate surface area is 122 Å². The van der Waals surface area contributed by atoms with Crippen molar-refractivity contribution in [3.05, 3.63) is 64.3 Å². The Bertz CT molecular complexity index is 802. The molecule has 1 heterocycles. The molecule has 7 heteroatoms. The van der Waals surface area contributed by atoms with Crippen molar-refractivity contribution in [3.8, 4) is 0 Å². The zero-order valence-electron chi connectivity index (χ0n) is 11.6. The first kappa shape index (κ1) is 15.4. The highest BCUT2D eigenvalue weighted by molar-refractivity contribution is 7.89. The van der Waals surface area contributed by atoms with Crippen molar-refractivity contribution < 1.29 is 12.8 Å². The molecule has 0 aliphatic heterocycles. The van der Waals surface area contributed by atoms with Crippen molar-refractivity contribution in [2.45, 2.75) is 17.9 Å². The average Bonchev–Trinajstić information content (AvgIpc) is 2.46. The van der Waals surface area contributed by atoms with E-state index in [1.807, 2.05) is 0 Å². The smallest absolute Gasteiger partial charge is 0.248 e. The number of benzene rings is 1. The summed E-state index contributed by atoms with van der Waals surface area (Å²) in [6.07, 6.45) is 2.48. The maximum atomic E-state index is 13.8. The van der Waals surface area contributed by atoms with Crippen LogP contribution >= 0.6 is 0 Å². The molecule has 0 aliphatic carbocycles. The van der Waals surface area contributed by atoms with Gasteiger partial charge in [0.25, 0.3) is 0 Å². The lowest BCUT2D eigenvalue weighted by atomic mass is 10.1. The summed E-state index contributed by atoms with van der Waals surface area (Å²) in [6, 6.07) is 6.33. The largest absolute Gasteiger partial charge is 0.366 e. The van der Waals surface area contributed by atoms with Crippen molar-refractivity contribution in [3.63, 3.8) is 0 Å². The molecule has 0 aliphatic rings. The van der Waals surface area contributed by atoms with Gasteiger partial charge in [0.2, 0.25) is 15.5 Å². The number of hydrogen-bond acceptors (Lipinski definition) is 3. The molecule has 5 nitrogen and oxygen atoms in total. The molecule has 21 heavy (non-hydrogen) atoms. The first-order chi connectivity index (χ1) is 9.85. The minimum atomic E-state index is -4.01. The van der Waals surface area contributed by atoms with Gasteiger partial charge in [-0.15, -0.1) is 0 Å². The monoisotopic (exact) mass is 310 g/mol. The van der Waals surface area contributed by atoms with Gasteiger partial charge in [0.1, 0.15) is 10.7 Å². The van der Waals surface area contributed by atoms with Gasteiger partial charge in [-0.1, -0.05) is 18.2 Å². The van der Waals surface area contributed by atoms with Gasteiger partial charge in [0.15, 0.2) is 0 Å². The normalized spacial score (nSPS) is 13.3. The fourth-order valence-corrected chi connectivity index (χ4v) is 3.35. The van der Waals surface area contributed by atoms with E-state index < -0.39 is 27.3 Å². The van der Waals surface area contributed by atoms with Crippen molar-refractivity contribution in [1.29, 1.82) is 0 Å². The molecule has 0 amide bonds. The lowest BCUT2D eigenvalue weighted by Crippen LogP contribution is -2.33. The van der Waals surface area contributed by atoms with E-state index in [-0.39, 0.29) is 10.5 Å². The summed E-state index contributed by atoms with van der Waals surface area (Å²) in [5.41, 5.74) is -0.364. The Hall–Kier alpha value is -1.99. The number of nitrogens with zero attached hydrogens (tertiary/aromatic N) is 1. The molecule has 112 valence electrons. The van der Waals surface area contributed by atoms with E-state index in [0.717, 1.165) is 16.6 Å². The van der Waals surface area contributed by atoms with Crippen LogP contribution in [0.15, 0.2) is 52.4 Å². The highest BCUT2D eigenvalue weighted by Gasteiger charge is 2.29. The Morgan fingerprint density at radius 1 is 1.24 bits per heavy atom. The van der Waals surface area contributed by atoms with E-state index in [0.29, 0.717) is 0 Å². The van der Waals surface area contributed by atoms with Crippen LogP contribution in [0.25, 0.3) is 0 Å². The molecular formula is C14H15FN2O3S. The summed E-state index contributed by atoms with van der Waals surface area (Å²) in [4.78, 5) is 13.9. The fourth-order valence-electron chi connectivity index (χ4n) is 1.98. The molecule has 0 radical (unpaired) electrons. The number of sulfonamides is 1. The lowest BCUT2D eigenvalue weighted by molar-refractivity contribution is 0.387. The Balaban J connectivity index is 2.44. The van der Waals surface area contributed by atoms with Gasteiger partial charge >= 0.3 is 0 Å². The van der Waals surface area contributed by atoms with Crippen molar-refractivity contribution in [2.24, 2.45) is 0 Å².